The van der Waals surface area contributed by atoms with Crippen LogP contribution in [0.1, 0.15) is 63.8 Å². The normalized spacial score (nSPS) is 13.2. The Morgan fingerprint density at radius 3 is 2.40 bits per heavy atom. The summed E-state index contributed by atoms with van der Waals surface area (Å²) in [6.07, 6.45) is 1.10. The number of nitrogens with zero attached hydrogens (tertiary/aromatic N) is 1. The van der Waals surface area contributed by atoms with Gasteiger partial charge in [-0.1, -0.05) is 70.5 Å². The number of hydrogen-bond donors (Lipinski definition) is 0. The van der Waals surface area contributed by atoms with E-state index in [1.807, 2.05) is 0 Å². The molecular formula is C24H29N. The van der Waals surface area contributed by atoms with Crippen molar-refractivity contribution in [1.82, 2.24) is 4.98 Å². The van der Waals surface area contributed by atoms with Gasteiger partial charge in [-0.25, -0.2) is 0 Å². The summed E-state index contributed by atoms with van der Waals surface area (Å²) in [6.45, 7) is 13.5. The molecule has 0 bridgehead atoms. The molecule has 130 valence electrons. The quantitative estimate of drug-likeness (QED) is 0.502. The number of hydrogen-bond acceptors (Lipinski definition) is 1. The lowest BCUT2D eigenvalue weighted by molar-refractivity contribution is 0.590. The molecule has 0 spiro atoms. The molecule has 0 N–H and O–H groups in total. The first-order valence-corrected chi connectivity index (χ1v) is 9.32. The summed E-state index contributed by atoms with van der Waals surface area (Å²) < 4.78 is 0. The molecule has 0 amide bonds. The van der Waals surface area contributed by atoms with E-state index in [0.29, 0.717) is 5.92 Å². The zero-order valence-electron chi connectivity index (χ0n) is 16.4. The first-order chi connectivity index (χ1) is 11.8. The Labute approximate surface area is 152 Å². The number of benzene rings is 2. The highest BCUT2D eigenvalue weighted by atomic mass is 14.7. The fourth-order valence-electron chi connectivity index (χ4n) is 3.31. The molecule has 3 rings (SSSR count). The van der Waals surface area contributed by atoms with Gasteiger partial charge in [-0.05, 0) is 53.8 Å². The van der Waals surface area contributed by atoms with Crippen molar-refractivity contribution >= 4 is 10.8 Å². The van der Waals surface area contributed by atoms with Crippen LogP contribution in [-0.2, 0) is 5.41 Å². The van der Waals surface area contributed by atoms with Crippen LogP contribution in [-0.4, -0.2) is 4.98 Å². The van der Waals surface area contributed by atoms with Crippen molar-refractivity contribution in [3.05, 3.63) is 65.4 Å². The summed E-state index contributed by atoms with van der Waals surface area (Å²) in [6, 6.07) is 17.7. The highest BCUT2D eigenvalue weighted by Crippen LogP contribution is 2.33. The third-order valence-electron chi connectivity index (χ3n) is 5.09. The molecule has 25 heavy (non-hydrogen) atoms. The highest BCUT2D eigenvalue weighted by molar-refractivity contribution is 5.88. The predicted octanol–water partition coefficient (Wildman–Crippen LogP) is 7.02. The van der Waals surface area contributed by atoms with Crippen LogP contribution >= 0.6 is 0 Å². The van der Waals surface area contributed by atoms with Crippen molar-refractivity contribution in [2.24, 2.45) is 0 Å². The van der Waals surface area contributed by atoms with Crippen LogP contribution in [0, 0.1) is 6.92 Å². The maximum atomic E-state index is 5.11. The second-order valence-electron chi connectivity index (χ2n) is 8.26. The minimum atomic E-state index is 0.136. The largest absolute Gasteiger partial charge is 0.252 e. The second-order valence-corrected chi connectivity index (χ2v) is 8.26. The number of rotatable bonds is 3. The Kier molecular flexibility index (Phi) is 4.69. The molecule has 0 aliphatic carbocycles. The van der Waals surface area contributed by atoms with Crippen LogP contribution in [0.15, 0.2) is 48.5 Å². The molecule has 1 unspecified atom stereocenters. The van der Waals surface area contributed by atoms with Crippen LogP contribution in [0.3, 0.4) is 0 Å². The number of aromatic nitrogens is 1. The number of pyridine rings is 1. The Hall–Kier alpha value is -2.15. The van der Waals surface area contributed by atoms with Crippen molar-refractivity contribution in [3.8, 4) is 11.3 Å². The third kappa shape index (κ3) is 3.61. The molecule has 0 saturated heterocycles. The molecule has 0 aliphatic rings. The van der Waals surface area contributed by atoms with E-state index < -0.39 is 0 Å². The van der Waals surface area contributed by atoms with Gasteiger partial charge in [0, 0.05) is 10.9 Å². The lowest BCUT2D eigenvalue weighted by atomic mass is 9.84. The maximum absolute atomic E-state index is 5.11. The van der Waals surface area contributed by atoms with E-state index in [4.69, 9.17) is 4.98 Å². The Bertz CT molecular complexity index is 900. The van der Waals surface area contributed by atoms with Gasteiger partial charge >= 0.3 is 0 Å². The van der Waals surface area contributed by atoms with E-state index in [9.17, 15) is 0 Å². The van der Waals surface area contributed by atoms with Crippen LogP contribution in [0.5, 0.6) is 0 Å². The summed E-state index contributed by atoms with van der Waals surface area (Å²) in [5.74, 6) is 0.455. The van der Waals surface area contributed by atoms with E-state index in [1.165, 1.54) is 33.2 Å². The monoisotopic (exact) mass is 331 g/mol. The average molecular weight is 332 g/mol. The van der Waals surface area contributed by atoms with E-state index in [0.717, 1.165) is 12.1 Å². The minimum absolute atomic E-state index is 0.136. The lowest BCUT2D eigenvalue weighted by Crippen LogP contribution is -2.11. The highest BCUT2D eigenvalue weighted by Gasteiger charge is 2.17. The molecule has 1 heterocycles. The van der Waals surface area contributed by atoms with Gasteiger partial charge in [-0.3, -0.25) is 4.98 Å². The van der Waals surface area contributed by atoms with Crippen LogP contribution < -0.4 is 0 Å². The topological polar surface area (TPSA) is 12.9 Å². The Morgan fingerprint density at radius 1 is 1.00 bits per heavy atom. The van der Waals surface area contributed by atoms with Gasteiger partial charge in [0.1, 0.15) is 0 Å². The van der Waals surface area contributed by atoms with Gasteiger partial charge in [0.05, 0.1) is 11.4 Å². The average Bonchev–Trinajstić information content (AvgIpc) is 2.58. The van der Waals surface area contributed by atoms with Crippen LogP contribution in [0.2, 0.25) is 0 Å². The number of fused-ring (bicyclic) bond motifs is 1. The minimum Gasteiger partial charge on any atom is -0.252 e. The molecule has 1 aromatic heterocycles. The van der Waals surface area contributed by atoms with E-state index >= 15 is 0 Å². The van der Waals surface area contributed by atoms with E-state index in [1.54, 1.807) is 0 Å². The second kappa shape index (κ2) is 6.63. The standard InChI is InChI=1S/C24H29N/c1-7-17(3)23-21-11-9-8-10-18(21)15-22(25-23)19-12-16(2)13-20(14-19)24(4,5)6/h8-15,17H,7H2,1-6H3. The van der Waals surface area contributed by atoms with Gasteiger partial charge < -0.3 is 0 Å². The van der Waals surface area contributed by atoms with Crippen molar-refractivity contribution < 1.29 is 0 Å². The Morgan fingerprint density at radius 2 is 1.72 bits per heavy atom. The van der Waals surface area contributed by atoms with E-state index in [-0.39, 0.29) is 5.41 Å². The van der Waals surface area contributed by atoms with Crippen molar-refractivity contribution in [3.63, 3.8) is 0 Å². The van der Waals surface area contributed by atoms with E-state index in [2.05, 4.69) is 90.1 Å². The molecule has 1 atom stereocenters. The molecule has 3 aromatic rings. The van der Waals surface area contributed by atoms with Crippen molar-refractivity contribution in [2.45, 2.75) is 59.3 Å². The zero-order valence-corrected chi connectivity index (χ0v) is 16.4. The van der Waals surface area contributed by atoms with Gasteiger partial charge in [0.15, 0.2) is 0 Å². The fourth-order valence-corrected chi connectivity index (χ4v) is 3.31. The summed E-state index contributed by atoms with van der Waals surface area (Å²) in [5.41, 5.74) is 6.32. The molecule has 0 radical (unpaired) electrons. The summed E-state index contributed by atoms with van der Waals surface area (Å²) in [4.78, 5) is 5.11. The zero-order chi connectivity index (χ0) is 18.2. The SMILES string of the molecule is CCC(C)c1nc(-c2cc(C)cc(C(C)(C)C)c2)cc2ccccc12. The molecule has 0 fully saturated rings. The third-order valence-corrected chi connectivity index (χ3v) is 5.09. The molecular weight excluding hydrogens is 302 g/mol. The first-order valence-electron chi connectivity index (χ1n) is 9.32. The lowest BCUT2D eigenvalue weighted by Gasteiger charge is -2.21. The molecule has 1 heteroatoms. The van der Waals surface area contributed by atoms with Gasteiger partial charge in [-0.15, -0.1) is 0 Å². The first kappa shape index (κ1) is 17.7. The molecule has 0 saturated carbocycles. The summed E-state index contributed by atoms with van der Waals surface area (Å²) in [7, 11) is 0. The summed E-state index contributed by atoms with van der Waals surface area (Å²) in [5, 5.41) is 2.56. The Balaban J connectivity index is 2.24. The van der Waals surface area contributed by atoms with Gasteiger partial charge in [0.25, 0.3) is 0 Å². The van der Waals surface area contributed by atoms with Crippen molar-refractivity contribution in [2.75, 3.05) is 0 Å². The smallest absolute Gasteiger partial charge is 0.0712 e. The van der Waals surface area contributed by atoms with Gasteiger partial charge in [-0.2, -0.15) is 0 Å². The van der Waals surface area contributed by atoms with Crippen molar-refractivity contribution in [1.29, 1.82) is 0 Å². The predicted molar refractivity (Wildman–Crippen MR) is 109 cm³/mol. The number of aryl methyl sites for hydroxylation is 1. The maximum Gasteiger partial charge on any atom is 0.0712 e. The van der Waals surface area contributed by atoms with Crippen LogP contribution in [0.4, 0.5) is 0 Å². The molecule has 0 aliphatic heterocycles. The molecule has 2 aromatic carbocycles. The summed E-state index contributed by atoms with van der Waals surface area (Å²) >= 11 is 0. The van der Waals surface area contributed by atoms with Gasteiger partial charge in [0.2, 0.25) is 0 Å². The molecule has 1 nitrogen and oxygen atoms in total. The van der Waals surface area contributed by atoms with Crippen LogP contribution in [0.25, 0.3) is 22.0 Å². The fraction of sp³-hybridized carbons (Fsp3) is 0.375.